The molecule has 1 aromatic carbocycles. The van der Waals surface area contributed by atoms with Gasteiger partial charge in [-0.2, -0.15) is 0 Å². The summed E-state index contributed by atoms with van der Waals surface area (Å²) in [5.41, 5.74) is 8.55. The van der Waals surface area contributed by atoms with Crippen LogP contribution in [0.15, 0.2) is 22.8 Å². The van der Waals surface area contributed by atoms with Gasteiger partial charge in [0, 0.05) is 11.0 Å². The monoisotopic (exact) mass is 337 g/mol. The van der Waals surface area contributed by atoms with Gasteiger partial charge in [0.2, 0.25) is 0 Å². The molecule has 7 heteroatoms. The number of nitrogens with one attached hydrogen (secondary N) is 1. The number of carbonyl (C=O) groups excluding carboxylic acids is 1. The first-order chi connectivity index (χ1) is 9.51. The zero-order valence-corrected chi connectivity index (χ0v) is 12.9. The van der Waals surface area contributed by atoms with Gasteiger partial charge in [-0.3, -0.25) is 9.48 Å². The molecule has 1 amide bonds. The van der Waals surface area contributed by atoms with Gasteiger partial charge in [0.25, 0.3) is 5.91 Å². The molecule has 106 valence electrons. The molecule has 0 saturated carbocycles. The first-order valence-corrected chi connectivity index (χ1v) is 6.99. The van der Waals surface area contributed by atoms with Crippen LogP contribution in [0.3, 0.4) is 0 Å². The minimum atomic E-state index is -0.291. The summed E-state index contributed by atoms with van der Waals surface area (Å²) in [5, 5.41) is 10.5. The summed E-state index contributed by atoms with van der Waals surface area (Å²) >= 11 is 3.46. The summed E-state index contributed by atoms with van der Waals surface area (Å²) in [7, 11) is 0. The van der Waals surface area contributed by atoms with E-state index < -0.39 is 0 Å². The Bertz CT molecular complexity index is 614. The van der Waals surface area contributed by atoms with E-state index in [1.807, 2.05) is 26.0 Å². The number of aromatic nitrogens is 3. The molecule has 2 rings (SSSR count). The van der Waals surface area contributed by atoms with E-state index in [4.69, 9.17) is 5.73 Å². The number of aryl methyl sites for hydroxylation is 2. The fraction of sp³-hybridized carbons (Fsp3) is 0.308. The molecular formula is C13H16BrN5O. The van der Waals surface area contributed by atoms with Crippen molar-refractivity contribution in [1.29, 1.82) is 0 Å². The molecule has 2 aromatic rings. The Kier molecular flexibility index (Phi) is 4.51. The number of hydrogen-bond donors (Lipinski definition) is 2. The van der Waals surface area contributed by atoms with Gasteiger partial charge in [-0.1, -0.05) is 11.3 Å². The van der Waals surface area contributed by atoms with Crippen LogP contribution in [0.25, 0.3) is 0 Å². The SMILES string of the molecule is Cc1cc(C)c(NC(=O)c2cn(CCN)nn2)c(Br)c1. The predicted molar refractivity (Wildman–Crippen MR) is 80.6 cm³/mol. The quantitative estimate of drug-likeness (QED) is 0.891. The zero-order valence-electron chi connectivity index (χ0n) is 11.4. The smallest absolute Gasteiger partial charge is 0.277 e. The van der Waals surface area contributed by atoms with E-state index in [2.05, 4.69) is 31.6 Å². The van der Waals surface area contributed by atoms with E-state index in [1.54, 1.807) is 10.9 Å². The highest BCUT2D eigenvalue weighted by Crippen LogP contribution is 2.28. The molecule has 3 N–H and O–H groups in total. The molecule has 0 spiro atoms. The summed E-state index contributed by atoms with van der Waals surface area (Å²) < 4.78 is 2.39. The van der Waals surface area contributed by atoms with Gasteiger partial charge in [0.05, 0.1) is 18.4 Å². The van der Waals surface area contributed by atoms with Gasteiger partial charge < -0.3 is 11.1 Å². The topological polar surface area (TPSA) is 85.8 Å². The lowest BCUT2D eigenvalue weighted by Gasteiger charge is -2.10. The standard InChI is InChI=1S/C13H16BrN5O/c1-8-5-9(2)12(10(14)6-8)16-13(20)11-7-19(4-3-15)18-17-11/h5-7H,3-4,15H2,1-2H3,(H,16,20). The summed E-state index contributed by atoms with van der Waals surface area (Å²) in [6.45, 7) is 4.93. The van der Waals surface area contributed by atoms with E-state index in [9.17, 15) is 4.79 Å². The van der Waals surface area contributed by atoms with Crippen molar-refractivity contribution in [3.05, 3.63) is 39.6 Å². The van der Waals surface area contributed by atoms with E-state index in [0.29, 0.717) is 13.1 Å². The molecule has 0 saturated heterocycles. The summed E-state index contributed by atoms with van der Waals surface area (Å²) in [6, 6.07) is 3.96. The Balaban J connectivity index is 2.19. The van der Waals surface area contributed by atoms with Crippen molar-refractivity contribution in [2.75, 3.05) is 11.9 Å². The average Bonchev–Trinajstić information content (AvgIpc) is 2.82. The highest BCUT2D eigenvalue weighted by molar-refractivity contribution is 9.10. The number of halogens is 1. The second-order valence-corrected chi connectivity index (χ2v) is 5.40. The van der Waals surface area contributed by atoms with Crippen molar-refractivity contribution in [2.45, 2.75) is 20.4 Å². The number of anilines is 1. The van der Waals surface area contributed by atoms with Crippen molar-refractivity contribution < 1.29 is 4.79 Å². The van der Waals surface area contributed by atoms with Crippen molar-refractivity contribution >= 4 is 27.5 Å². The van der Waals surface area contributed by atoms with Gasteiger partial charge >= 0.3 is 0 Å². The maximum Gasteiger partial charge on any atom is 0.277 e. The lowest BCUT2D eigenvalue weighted by molar-refractivity contribution is 0.102. The first-order valence-electron chi connectivity index (χ1n) is 6.19. The Labute approximate surface area is 125 Å². The van der Waals surface area contributed by atoms with Crippen LogP contribution in [0.1, 0.15) is 21.6 Å². The molecule has 0 aliphatic carbocycles. The maximum absolute atomic E-state index is 12.1. The second-order valence-electron chi connectivity index (χ2n) is 4.55. The van der Waals surface area contributed by atoms with Gasteiger partial charge in [-0.05, 0) is 47.0 Å². The number of benzene rings is 1. The van der Waals surface area contributed by atoms with Crippen LogP contribution < -0.4 is 11.1 Å². The predicted octanol–water partition coefficient (Wildman–Crippen LogP) is 1.87. The summed E-state index contributed by atoms with van der Waals surface area (Å²) in [4.78, 5) is 12.1. The van der Waals surface area contributed by atoms with Crippen LogP contribution in [0.4, 0.5) is 5.69 Å². The number of amides is 1. The molecule has 6 nitrogen and oxygen atoms in total. The largest absolute Gasteiger partial charge is 0.329 e. The molecule has 0 radical (unpaired) electrons. The maximum atomic E-state index is 12.1. The van der Waals surface area contributed by atoms with E-state index >= 15 is 0 Å². The number of rotatable bonds is 4. The average molecular weight is 338 g/mol. The van der Waals surface area contributed by atoms with Crippen LogP contribution >= 0.6 is 15.9 Å². The van der Waals surface area contributed by atoms with Crippen LogP contribution in [-0.2, 0) is 6.54 Å². The van der Waals surface area contributed by atoms with Crippen molar-refractivity contribution in [2.24, 2.45) is 5.73 Å². The lowest BCUT2D eigenvalue weighted by atomic mass is 10.1. The van der Waals surface area contributed by atoms with Crippen LogP contribution in [0.5, 0.6) is 0 Å². The highest BCUT2D eigenvalue weighted by atomic mass is 79.9. The second kappa shape index (κ2) is 6.15. The fourth-order valence-electron chi connectivity index (χ4n) is 1.90. The lowest BCUT2D eigenvalue weighted by Crippen LogP contribution is -2.14. The number of nitrogens with zero attached hydrogens (tertiary/aromatic N) is 3. The van der Waals surface area contributed by atoms with Gasteiger partial charge in [-0.25, -0.2) is 0 Å². The fourth-order valence-corrected chi connectivity index (χ4v) is 2.67. The number of carbonyl (C=O) groups is 1. The van der Waals surface area contributed by atoms with Crippen LogP contribution in [-0.4, -0.2) is 27.4 Å². The Hall–Kier alpha value is -1.73. The van der Waals surface area contributed by atoms with Gasteiger partial charge in [-0.15, -0.1) is 5.10 Å². The number of nitrogens with two attached hydrogens (primary N) is 1. The Morgan fingerprint density at radius 1 is 1.45 bits per heavy atom. The minimum absolute atomic E-state index is 0.269. The van der Waals surface area contributed by atoms with Crippen LogP contribution in [0.2, 0.25) is 0 Å². The van der Waals surface area contributed by atoms with E-state index in [0.717, 1.165) is 21.3 Å². The zero-order chi connectivity index (χ0) is 14.7. The molecule has 1 heterocycles. The van der Waals surface area contributed by atoms with E-state index in [-0.39, 0.29) is 11.6 Å². The Morgan fingerprint density at radius 3 is 2.85 bits per heavy atom. The third kappa shape index (κ3) is 3.23. The highest BCUT2D eigenvalue weighted by Gasteiger charge is 2.14. The van der Waals surface area contributed by atoms with Crippen molar-refractivity contribution in [3.63, 3.8) is 0 Å². The first kappa shape index (κ1) is 14.7. The molecule has 0 aliphatic rings. The normalized spacial score (nSPS) is 10.6. The van der Waals surface area contributed by atoms with Gasteiger partial charge in [0.1, 0.15) is 0 Å². The molecule has 1 aromatic heterocycles. The van der Waals surface area contributed by atoms with E-state index in [1.165, 1.54) is 0 Å². The minimum Gasteiger partial charge on any atom is -0.329 e. The summed E-state index contributed by atoms with van der Waals surface area (Å²) in [6.07, 6.45) is 1.58. The Morgan fingerprint density at radius 2 is 2.20 bits per heavy atom. The van der Waals surface area contributed by atoms with Gasteiger partial charge in [0.15, 0.2) is 5.69 Å². The van der Waals surface area contributed by atoms with Crippen molar-refractivity contribution in [1.82, 2.24) is 15.0 Å². The third-order valence-electron chi connectivity index (χ3n) is 2.80. The molecule has 0 aliphatic heterocycles. The molecule has 20 heavy (non-hydrogen) atoms. The molecule has 0 atom stereocenters. The molecule has 0 unspecified atom stereocenters. The molecule has 0 bridgehead atoms. The number of hydrogen-bond acceptors (Lipinski definition) is 4. The molecular weight excluding hydrogens is 322 g/mol. The van der Waals surface area contributed by atoms with Crippen molar-refractivity contribution in [3.8, 4) is 0 Å². The summed E-state index contributed by atoms with van der Waals surface area (Å²) in [5.74, 6) is -0.291. The third-order valence-corrected chi connectivity index (χ3v) is 3.43. The molecule has 0 fully saturated rings. The van der Waals surface area contributed by atoms with Crippen LogP contribution in [0, 0.1) is 13.8 Å².